The Hall–Kier alpha value is -2.80. The van der Waals surface area contributed by atoms with E-state index in [9.17, 15) is 0 Å². The van der Waals surface area contributed by atoms with E-state index < -0.39 is 0 Å². The van der Waals surface area contributed by atoms with Gasteiger partial charge in [0.05, 0.1) is 0 Å². The Labute approximate surface area is 124 Å². The molecule has 2 N–H and O–H groups in total. The molecule has 0 unspecified atom stereocenters. The third-order valence-electron chi connectivity index (χ3n) is 3.41. The van der Waals surface area contributed by atoms with Crippen molar-refractivity contribution in [3.8, 4) is 0 Å². The summed E-state index contributed by atoms with van der Waals surface area (Å²) in [6.45, 7) is 0. The molecule has 0 fully saturated rings. The van der Waals surface area contributed by atoms with Gasteiger partial charge in [0.15, 0.2) is 0 Å². The molecule has 0 atom stereocenters. The second kappa shape index (κ2) is 6.10. The lowest BCUT2D eigenvalue weighted by Crippen LogP contribution is -2.27. The topological polar surface area (TPSA) is 26.0 Å². The maximum atomic E-state index is 6.17. The third-order valence-corrected chi connectivity index (χ3v) is 3.41. The highest BCUT2D eigenvalue weighted by molar-refractivity contribution is 5.59. The van der Waals surface area contributed by atoms with E-state index in [0.717, 1.165) is 21.7 Å². The minimum Gasteiger partial charge on any atom is -0.398 e. The minimum absolute atomic E-state index is 0.795. The average Bonchev–Trinajstić information content (AvgIpc) is 2.53. The van der Waals surface area contributed by atoms with Crippen molar-refractivity contribution in [2.75, 3.05) is 5.73 Å². The average molecular weight is 271 g/mol. The molecule has 3 aromatic rings. The predicted octanol–water partition coefficient (Wildman–Crippen LogP) is 2.93. The Morgan fingerprint density at radius 2 is 1.14 bits per heavy atom. The molecule has 1 nitrogen and oxygen atoms in total. The number of hydrogen-bond acceptors (Lipinski definition) is 1. The fourth-order valence-electron chi connectivity index (χ4n) is 2.34. The van der Waals surface area contributed by atoms with Gasteiger partial charge >= 0.3 is 0 Å². The Morgan fingerprint density at radius 3 is 1.76 bits per heavy atom. The van der Waals surface area contributed by atoms with E-state index >= 15 is 0 Å². The quantitative estimate of drug-likeness (QED) is 0.713. The fraction of sp³-hybridized carbons (Fsp3) is 0. The van der Waals surface area contributed by atoms with Crippen LogP contribution in [-0.4, -0.2) is 0 Å². The maximum absolute atomic E-state index is 6.17. The number of hydrogen-bond donors (Lipinski definition) is 1. The van der Waals surface area contributed by atoms with Crippen molar-refractivity contribution in [2.45, 2.75) is 0 Å². The zero-order valence-electron chi connectivity index (χ0n) is 11.7. The molecule has 0 heterocycles. The van der Waals surface area contributed by atoms with Gasteiger partial charge in [0, 0.05) is 10.9 Å². The number of nitrogens with two attached hydrogens (primary N) is 1. The summed E-state index contributed by atoms with van der Waals surface area (Å²) in [6, 6.07) is 26.6. The molecule has 0 aliphatic rings. The largest absolute Gasteiger partial charge is 0.398 e. The van der Waals surface area contributed by atoms with Crippen molar-refractivity contribution in [1.29, 1.82) is 0 Å². The van der Waals surface area contributed by atoms with Gasteiger partial charge in [0.1, 0.15) is 0 Å². The summed E-state index contributed by atoms with van der Waals surface area (Å²) in [5.41, 5.74) is 9.29. The van der Waals surface area contributed by atoms with Gasteiger partial charge in [0.25, 0.3) is 0 Å². The molecule has 0 aliphatic heterocycles. The summed E-state index contributed by atoms with van der Waals surface area (Å²) in [4.78, 5) is 0. The molecule has 0 saturated heterocycles. The molecule has 0 amide bonds. The standard InChI is InChI=1S/C20H17N/c21-20-13-7-12-18(14-16-8-3-1-4-9-16)19(20)15-17-10-5-2-6-11-17/h1-15H,21H2. The van der Waals surface area contributed by atoms with E-state index in [1.54, 1.807) is 0 Å². The van der Waals surface area contributed by atoms with Crippen LogP contribution in [0.25, 0.3) is 12.2 Å². The number of rotatable bonds is 2. The first kappa shape index (κ1) is 13.2. The van der Waals surface area contributed by atoms with Gasteiger partial charge in [-0.2, -0.15) is 0 Å². The van der Waals surface area contributed by atoms with Crippen molar-refractivity contribution >= 4 is 17.8 Å². The van der Waals surface area contributed by atoms with E-state index in [2.05, 4.69) is 42.5 Å². The zero-order chi connectivity index (χ0) is 14.5. The predicted molar refractivity (Wildman–Crippen MR) is 90.1 cm³/mol. The van der Waals surface area contributed by atoms with Crippen LogP contribution in [0.1, 0.15) is 11.1 Å². The molecular formula is C20H17N. The lowest BCUT2D eigenvalue weighted by Gasteiger charge is -1.99. The van der Waals surface area contributed by atoms with Crippen molar-refractivity contribution in [3.63, 3.8) is 0 Å². The van der Waals surface area contributed by atoms with Gasteiger partial charge in [-0.3, -0.25) is 0 Å². The molecule has 0 bridgehead atoms. The van der Waals surface area contributed by atoms with Gasteiger partial charge < -0.3 is 5.73 Å². The van der Waals surface area contributed by atoms with Crippen LogP contribution in [0.4, 0.5) is 5.69 Å². The molecule has 21 heavy (non-hydrogen) atoms. The van der Waals surface area contributed by atoms with E-state index in [1.807, 2.05) is 48.5 Å². The molecule has 0 saturated carbocycles. The SMILES string of the molecule is Nc1cccc(=Cc2ccccc2)c1=Cc1ccccc1. The van der Waals surface area contributed by atoms with Crippen LogP contribution in [0, 0.1) is 0 Å². The Kier molecular flexibility index (Phi) is 3.83. The summed E-state index contributed by atoms with van der Waals surface area (Å²) in [6.07, 6.45) is 4.29. The molecule has 3 aromatic carbocycles. The van der Waals surface area contributed by atoms with Gasteiger partial charge in [-0.05, 0) is 34.6 Å². The highest BCUT2D eigenvalue weighted by Crippen LogP contribution is 2.01. The summed E-state index contributed by atoms with van der Waals surface area (Å²) < 4.78 is 0. The van der Waals surface area contributed by atoms with Crippen LogP contribution in [0.3, 0.4) is 0 Å². The highest BCUT2D eigenvalue weighted by atomic mass is 14.5. The van der Waals surface area contributed by atoms with Crippen LogP contribution < -0.4 is 16.2 Å². The van der Waals surface area contributed by atoms with E-state index in [1.165, 1.54) is 5.56 Å². The molecule has 3 rings (SSSR count). The Balaban J connectivity index is 2.22. The number of anilines is 1. The minimum atomic E-state index is 0.795. The van der Waals surface area contributed by atoms with Gasteiger partial charge in [0.2, 0.25) is 0 Å². The summed E-state index contributed by atoms with van der Waals surface area (Å²) in [5, 5.41) is 2.19. The molecular weight excluding hydrogens is 254 g/mol. The van der Waals surface area contributed by atoms with E-state index in [0.29, 0.717) is 0 Å². The zero-order valence-corrected chi connectivity index (χ0v) is 11.7. The van der Waals surface area contributed by atoms with E-state index in [-0.39, 0.29) is 0 Å². The van der Waals surface area contributed by atoms with Crippen molar-refractivity contribution in [3.05, 3.63) is 100 Å². The van der Waals surface area contributed by atoms with Crippen molar-refractivity contribution in [2.24, 2.45) is 0 Å². The van der Waals surface area contributed by atoms with Crippen LogP contribution >= 0.6 is 0 Å². The normalized spacial score (nSPS) is 12.6. The lowest BCUT2D eigenvalue weighted by atomic mass is 10.1. The monoisotopic (exact) mass is 271 g/mol. The molecule has 1 heteroatoms. The van der Waals surface area contributed by atoms with Gasteiger partial charge in [-0.15, -0.1) is 0 Å². The number of benzene rings is 3. The lowest BCUT2D eigenvalue weighted by molar-refractivity contribution is 1.49. The smallest absolute Gasteiger partial charge is 0.0393 e. The fourth-order valence-corrected chi connectivity index (χ4v) is 2.34. The van der Waals surface area contributed by atoms with Gasteiger partial charge in [-0.1, -0.05) is 72.8 Å². The first-order valence-electron chi connectivity index (χ1n) is 7.01. The summed E-state index contributed by atoms with van der Waals surface area (Å²) >= 11 is 0. The van der Waals surface area contributed by atoms with Gasteiger partial charge in [-0.25, -0.2) is 0 Å². The van der Waals surface area contributed by atoms with Crippen molar-refractivity contribution < 1.29 is 0 Å². The Bertz CT molecular complexity index is 834. The first-order chi connectivity index (χ1) is 10.3. The second-order valence-corrected chi connectivity index (χ2v) is 4.96. The number of nitrogen functional groups attached to an aromatic ring is 1. The van der Waals surface area contributed by atoms with Crippen molar-refractivity contribution in [1.82, 2.24) is 0 Å². The molecule has 0 aromatic heterocycles. The molecule has 0 radical (unpaired) electrons. The summed E-state index contributed by atoms with van der Waals surface area (Å²) in [7, 11) is 0. The van der Waals surface area contributed by atoms with Crippen LogP contribution in [0.2, 0.25) is 0 Å². The molecule has 0 aliphatic carbocycles. The highest BCUT2D eigenvalue weighted by Gasteiger charge is 1.94. The van der Waals surface area contributed by atoms with Crippen LogP contribution in [0.15, 0.2) is 78.9 Å². The molecule has 0 spiro atoms. The third kappa shape index (κ3) is 3.21. The van der Waals surface area contributed by atoms with Crippen LogP contribution in [-0.2, 0) is 0 Å². The summed E-state index contributed by atoms with van der Waals surface area (Å²) in [5.74, 6) is 0. The Morgan fingerprint density at radius 1 is 0.571 bits per heavy atom. The first-order valence-corrected chi connectivity index (χ1v) is 7.01. The van der Waals surface area contributed by atoms with E-state index in [4.69, 9.17) is 5.73 Å². The second-order valence-electron chi connectivity index (χ2n) is 4.96. The maximum Gasteiger partial charge on any atom is 0.0393 e. The van der Waals surface area contributed by atoms with Crippen LogP contribution in [0.5, 0.6) is 0 Å². The molecule has 102 valence electrons.